The molecule has 4 rings (SSSR count). The van der Waals surface area contributed by atoms with E-state index in [0.717, 1.165) is 38.7 Å². The van der Waals surface area contributed by atoms with Crippen molar-refractivity contribution < 1.29 is 9.53 Å². The van der Waals surface area contributed by atoms with Crippen molar-refractivity contribution in [2.24, 2.45) is 0 Å². The van der Waals surface area contributed by atoms with Crippen molar-refractivity contribution in [1.29, 1.82) is 0 Å². The molecule has 1 amide bonds. The standard InChI is InChI=1S/C22H20BrNO2/c1-14-11-16-5-3-4-6-20(16)24(14)22(25)13-19-18-9-8-17(23)12-15(18)7-10-21(19)26-2/h3-10,12,14H,11,13H2,1-2H3. The van der Waals surface area contributed by atoms with Crippen LogP contribution in [0, 0.1) is 0 Å². The van der Waals surface area contributed by atoms with E-state index in [1.807, 2.05) is 47.4 Å². The first kappa shape index (κ1) is 17.1. The van der Waals surface area contributed by atoms with Crippen molar-refractivity contribution >= 4 is 38.3 Å². The van der Waals surface area contributed by atoms with Crippen LogP contribution in [0.5, 0.6) is 5.75 Å². The fraction of sp³-hybridized carbons (Fsp3) is 0.227. The Labute approximate surface area is 161 Å². The topological polar surface area (TPSA) is 29.5 Å². The number of amides is 1. The highest BCUT2D eigenvalue weighted by Gasteiger charge is 2.31. The third kappa shape index (κ3) is 2.88. The van der Waals surface area contributed by atoms with Gasteiger partial charge >= 0.3 is 0 Å². The summed E-state index contributed by atoms with van der Waals surface area (Å²) < 4.78 is 6.58. The van der Waals surface area contributed by atoms with Crippen LogP contribution in [-0.2, 0) is 17.6 Å². The molecule has 4 heteroatoms. The molecular weight excluding hydrogens is 390 g/mol. The third-order valence-corrected chi connectivity index (χ3v) is 5.57. The van der Waals surface area contributed by atoms with Crippen LogP contribution in [0.4, 0.5) is 5.69 Å². The molecule has 0 aromatic heterocycles. The van der Waals surface area contributed by atoms with Gasteiger partial charge in [-0.25, -0.2) is 0 Å². The van der Waals surface area contributed by atoms with Gasteiger partial charge in [0.2, 0.25) is 5.91 Å². The summed E-state index contributed by atoms with van der Waals surface area (Å²) in [5.74, 6) is 0.865. The maximum atomic E-state index is 13.2. The smallest absolute Gasteiger partial charge is 0.231 e. The number of para-hydroxylation sites is 1. The lowest BCUT2D eigenvalue weighted by Crippen LogP contribution is -2.36. The van der Waals surface area contributed by atoms with Crippen molar-refractivity contribution in [3.8, 4) is 5.75 Å². The second-order valence-corrected chi connectivity index (χ2v) is 7.65. The molecule has 0 fully saturated rings. The van der Waals surface area contributed by atoms with Crippen LogP contribution in [0.2, 0.25) is 0 Å². The molecule has 3 aromatic carbocycles. The van der Waals surface area contributed by atoms with Gasteiger partial charge in [0, 0.05) is 21.8 Å². The van der Waals surface area contributed by atoms with Crippen molar-refractivity contribution in [2.45, 2.75) is 25.8 Å². The lowest BCUT2D eigenvalue weighted by atomic mass is 10.00. The zero-order valence-corrected chi connectivity index (χ0v) is 16.4. The maximum absolute atomic E-state index is 13.2. The van der Waals surface area contributed by atoms with E-state index in [1.165, 1.54) is 5.56 Å². The van der Waals surface area contributed by atoms with Crippen molar-refractivity contribution in [3.05, 3.63) is 70.2 Å². The van der Waals surface area contributed by atoms with Gasteiger partial charge in [0.05, 0.1) is 13.5 Å². The molecule has 3 aromatic rings. The maximum Gasteiger partial charge on any atom is 0.231 e. The predicted octanol–water partition coefficient (Wildman–Crippen LogP) is 5.13. The number of hydrogen-bond donors (Lipinski definition) is 0. The number of fused-ring (bicyclic) bond motifs is 2. The molecule has 3 nitrogen and oxygen atoms in total. The van der Waals surface area contributed by atoms with Gasteiger partial charge in [0.15, 0.2) is 0 Å². The van der Waals surface area contributed by atoms with Gasteiger partial charge in [-0.05, 0) is 53.9 Å². The van der Waals surface area contributed by atoms with Crippen molar-refractivity contribution in [3.63, 3.8) is 0 Å². The number of halogens is 1. The number of hydrogen-bond acceptors (Lipinski definition) is 2. The largest absolute Gasteiger partial charge is 0.496 e. The van der Waals surface area contributed by atoms with Gasteiger partial charge in [-0.15, -0.1) is 0 Å². The van der Waals surface area contributed by atoms with E-state index in [9.17, 15) is 4.79 Å². The second-order valence-electron chi connectivity index (χ2n) is 6.73. The summed E-state index contributed by atoms with van der Waals surface area (Å²) in [4.78, 5) is 15.2. The third-order valence-electron chi connectivity index (χ3n) is 5.07. The molecule has 0 spiro atoms. The van der Waals surface area contributed by atoms with Crippen LogP contribution < -0.4 is 9.64 Å². The fourth-order valence-electron chi connectivity index (χ4n) is 3.90. The van der Waals surface area contributed by atoms with Crippen molar-refractivity contribution in [1.82, 2.24) is 0 Å². The molecule has 0 aliphatic carbocycles. The molecule has 0 radical (unpaired) electrons. The Bertz CT molecular complexity index is 999. The second kappa shape index (κ2) is 6.76. The molecule has 0 saturated heterocycles. The van der Waals surface area contributed by atoms with Crippen molar-refractivity contribution in [2.75, 3.05) is 12.0 Å². The molecule has 0 saturated carbocycles. The van der Waals surface area contributed by atoms with Crippen LogP contribution in [0.15, 0.2) is 59.1 Å². The van der Waals surface area contributed by atoms with Gasteiger partial charge in [0.1, 0.15) is 5.75 Å². The Kier molecular flexibility index (Phi) is 4.45. The highest BCUT2D eigenvalue weighted by Crippen LogP contribution is 2.35. The molecule has 1 heterocycles. The van der Waals surface area contributed by atoms with E-state index in [4.69, 9.17) is 4.74 Å². The minimum absolute atomic E-state index is 0.108. The van der Waals surface area contributed by atoms with Gasteiger partial charge in [-0.2, -0.15) is 0 Å². The van der Waals surface area contributed by atoms with Crippen LogP contribution in [-0.4, -0.2) is 19.1 Å². The SMILES string of the molecule is COc1ccc2cc(Br)ccc2c1CC(=O)N1c2ccccc2CC1C. The Balaban J connectivity index is 1.74. The molecule has 1 aliphatic heterocycles. The number of benzene rings is 3. The monoisotopic (exact) mass is 409 g/mol. The van der Waals surface area contributed by atoms with Gasteiger partial charge in [0.25, 0.3) is 0 Å². The Morgan fingerprint density at radius 2 is 2.00 bits per heavy atom. The highest BCUT2D eigenvalue weighted by atomic mass is 79.9. The van der Waals surface area contributed by atoms with Crippen LogP contribution in [0.1, 0.15) is 18.1 Å². The van der Waals surface area contributed by atoms with E-state index in [1.54, 1.807) is 7.11 Å². The molecule has 1 aliphatic rings. The first-order valence-electron chi connectivity index (χ1n) is 8.73. The average molecular weight is 410 g/mol. The normalized spacial score (nSPS) is 16.0. The minimum Gasteiger partial charge on any atom is -0.496 e. The molecule has 1 unspecified atom stereocenters. The molecule has 26 heavy (non-hydrogen) atoms. The quantitative estimate of drug-likeness (QED) is 0.599. The molecule has 0 bridgehead atoms. The average Bonchev–Trinajstić information content (AvgIpc) is 2.97. The number of rotatable bonds is 3. The zero-order valence-electron chi connectivity index (χ0n) is 14.8. The Morgan fingerprint density at radius 1 is 1.19 bits per heavy atom. The number of carbonyl (C=O) groups is 1. The molecule has 1 atom stereocenters. The number of nitrogens with zero attached hydrogens (tertiary/aromatic N) is 1. The highest BCUT2D eigenvalue weighted by molar-refractivity contribution is 9.10. The van der Waals surface area contributed by atoms with Crippen LogP contribution >= 0.6 is 15.9 Å². The van der Waals surface area contributed by atoms with Crippen LogP contribution in [0.25, 0.3) is 10.8 Å². The summed E-state index contributed by atoms with van der Waals surface area (Å²) >= 11 is 3.52. The van der Waals surface area contributed by atoms with E-state index in [-0.39, 0.29) is 11.9 Å². The first-order valence-corrected chi connectivity index (χ1v) is 9.53. The number of ether oxygens (including phenoxy) is 1. The van der Waals surface area contributed by atoms with Gasteiger partial charge in [-0.1, -0.05) is 46.3 Å². The zero-order chi connectivity index (χ0) is 18.3. The molecule has 0 N–H and O–H groups in total. The summed E-state index contributed by atoms with van der Waals surface area (Å²) in [6, 6.07) is 18.4. The van der Waals surface area contributed by atoms with Gasteiger partial charge in [-0.3, -0.25) is 4.79 Å². The molecule has 132 valence electrons. The Hall–Kier alpha value is -2.33. The minimum atomic E-state index is 0.108. The summed E-state index contributed by atoms with van der Waals surface area (Å²) in [5, 5.41) is 2.15. The summed E-state index contributed by atoms with van der Waals surface area (Å²) in [7, 11) is 1.65. The summed E-state index contributed by atoms with van der Waals surface area (Å²) in [6.45, 7) is 2.11. The number of methoxy groups -OCH3 is 1. The summed E-state index contributed by atoms with van der Waals surface area (Å²) in [6.07, 6.45) is 1.22. The van der Waals surface area contributed by atoms with E-state index in [0.29, 0.717) is 6.42 Å². The Morgan fingerprint density at radius 3 is 2.81 bits per heavy atom. The van der Waals surface area contributed by atoms with E-state index < -0.39 is 0 Å². The lowest BCUT2D eigenvalue weighted by molar-refractivity contribution is -0.118. The molecular formula is C22H20BrNO2. The first-order chi connectivity index (χ1) is 12.6. The lowest BCUT2D eigenvalue weighted by Gasteiger charge is -2.23. The number of anilines is 1. The van der Waals surface area contributed by atoms with E-state index in [2.05, 4.69) is 35.0 Å². The fourth-order valence-corrected chi connectivity index (χ4v) is 4.28. The predicted molar refractivity (Wildman–Crippen MR) is 109 cm³/mol. The van der Waals surface area contributed by atoms with E-state index >= 15 is 0 Å². The number of carbonyl (C=O) groups excluding carboxylic acids is 1. The van der Waals surface area contributed by atoms with Crippen LogP contribution in [0.3, 0.4) is 0 Å². The summed E-state index contributed by atoms with van der Waals surface area (Å²) in [5.41, 5.74) is 3.22. The van der Waals surface area contributed by atoms with Gasteiger partial charge < -0.3 is 9.64 Å².